The molecule has 19 heavy (non-hydrogen) atoms. The number of anilines is 1. The Bertz CT molecular complexity index is 589. The quantitative estimate of drug-likeness (QED) is 0.854. The molecule has 5 nitrogen and oxygen atoms in total. The Balaban J connectivity index is 2.17. The maximum Gasteiger partial charge on any atom is 0.318 e. The molecular weight excluding hydrogens is 310 g/mol. The van der Waals surface area contributed by atoms with E-state index in [9.17, 15) is 9.59 Å². The van der Waals surface area contributed by atoms with Gasteiger partial charge in [-0.15, -0.1) is 0 Å². The van der Waals surface area contributed by atoms with Crippen molar-refractivity contribution < 1.29 is 9.59 Å². The van der Waals surface area contributed by atoms with E-state index in [2.05, 4.69) is 21.2 Å². The van der Waals surface area contributed by atoms with E-state index in [0.29, 0.717) is 13.1 Å². The fraction of sp³-hybridized carbons (Fsp3) is 0.385. The molecule has 0 aromatic heterocycles. The zero-order valence-electron chi connectivity index (χ0n) is 10.7. The Morgan fingerprint density at radius 1 is 1.37 bits per heavy atom. The third-order valence-electron chi connectivity index (χ3n) is 3.96. The summed E-state index contributed by atoms with van der Waals surface area (Å²) in [5, 5.41) is 2.76. The predicted octanol–water partition coefficient (Wildman–Crippen LogP) is 1.67. The van der Waals surface area contributed by atoms with Gasteiger partial charge in [-0.1, -0.05) is 22.0 Å². The van der Waals surface area contributed by atoms with Gasteiger partial charge in [0.2, 0.25) is 0 Å². The van der Waals surface area contributed by atoms with Crippen molar-refractivity contribution in [2.24, 2.45) is 0 Å². The molecule has 0 radical (unpaired) electrons. The first-order valence-electron chi connectivity index (χ1n) is 6.10. The van der Waals surface area contributed by atoms with Crippen LogP contribution in [0.4, 0.5) is 10.5 Å². The third kappa shape index (κ3) is 1.52. The molecule has 1 aromatic rings. The number of rotatable bonds is 1. The van der Waals surface area contributed by atoms with Gasteiger partial charge in [0.15, 0.2) is 0 Å². The van der Waals surface area contributed by atoms with Crippen LogP contribution in [0.1, 0.15) is 12.5 Å². The highest BCUT2D eigenvalue weighted by Gasteiger charge is 2.52. The van der Waals surface area contributed by atoms with Crippen LogP contribution in [-0.4, -0.2) is 37.0 Å². The number of benzene rings is 1. The lowest BCUT2D eigenvalue weighted by Crippen LogP contribution is -2.51. The number of halogens is 1. The third-order valence-corrected chi connectivity index (χ3v) is 4.46. The fourth-order valence-electron chi connectivity index (χ4n) is 2.90. The Morgan fingerprint density at radius 3 is 2.74 bits per heavy atom. The Morgan fingerprint density at radius 2 is 2.11 bits per heavy atom. The van der Waals surface area contributed by atoms with Crippen LogP contribution in [0.15, 0.2) is 22.7 Å². The van der Waals surface area contributed by atoms with Crippen molar-refractivity contribution in [2.75, 3.05) is 25.0 Å². The highest BCUT2D eigenvalue weighted by molar-refractivity contribution is 9.10. The monoisotopic (exact) mass is 323 g/mol. The molecule has 1 aromatic carbocycles. The number of nitrogens with one attached hydrogen (secondary N) is 1. The van der Waals surface area contributed by atoms with Crippen LogP contribution >= 0.6 is 15.9 Å². The molecule has 0 bridgehead atoms. The molecule has 2 heterocycles. The Kier molecular flexibility index (Phi) is 2.60. The van der Waals surface area contributed by atoms with E-state index in [1.165, 1.54) is 0 Å². The molecule has 1 saturated heterocycles. The van der Waals surface area contributed by atoms with Gasteiger partial charge in [-0.2, -0.15) is 0 Å². The standard InChI is InChI=1S/C13H14BrN3O2/c1-13(17-6-5-15-12(17)19)9-4-3-8(14)7-10(9)16(2)11(13)18/h3-4,7H,5-6H2,1-2H3,(H,15,19)/t13-/m1/s1. The molecule has 2 aliphatic heterocycles. The van der Waals surface area contributed by atoms with Crippen LogP contribution in [0.25, 0.3) is 0 Å². The molecule has 100 valence electrons. The van der Waals surface area contributed by atoms with Crippen LogP contribution < -0.4 is 10.2 Å². The zero-order valence-corrected chi connectivity index (χ0v) is 12.3. The Labute approximate surface area is 119 Å². The summed E-state index contributed by atoms with van der Waals surface area (Å²) >= 11 is 3.41. The summed E-state index contributed by atoms with van der Waals surface area (Å²) in [6.07, 6.45) is 0. The summed E-state index contributed by atoms with van der Waals surface area (Å²) in [5.74, 6) is -0.0716. The first kappa shape index (κ1) is 12.5. The van der Waals surface area contributed by atoms with Gasteiger partial charge in [-0.25, -0.2) is 4.79 Å². The van der Waals surface area contributed by atoms with E-state index in [4.69, 9.17) is 0 Å². The number of carbonyl (C=O) groups excluding carboxylic acids is 2. The molecule has 0 spiro atoms. The summed E-state index contributed by atoms with van der Waals surface area (Å²) in [6, 6.07) is 5.54. The van der Waals surface area contributed by atoms with Gasteiger partial charge in [-0.05, 0) is 19.1 Å². The van der Waals surface area contributed by atoms with E-state index in [1.807, 2.05) is 25.1 Å². The maximum absolute atomic E-state index is 12.6. The fourth-order valence-corrected chi connectivity index (χ4v) is 3.25. The SMILES string of the molecule is CN1C(=O)[C@](C)(N2CCNC2=O)c2ccc(Br)cc21. The van der Waals surface area contributed by atoms with Crippen molar-refractivity contribution in [3.05, 3.63) is 28.2 Å². The second kappa shape index (κ2) is 3.96. The molecule has 1 atom stereocenters. The van der Waals surface area contributed by atoms with Gasteiger partial charge in [0.25, 0.3) is 5.91 Å². The van der Waals surface area contributed by atoms with Crippen LogP contribution in [0.5, 0.6) is 0 Å². The molecule has 1 N–H and O–H groups in total. The number of carbonyl (C=O) groups is 2. The van der Waals surface area contributed by atoms with Gasteiger partial charge in [0.05, 0.1) is 5.69 Å². The minimum absolute atomic E-state index is 0.0716. The summed E-state index contributed by atoms with van der Waals surface area (Å²) in [4.78, 5) is 27.8. The maximum atomic E-state index is 12.6. The van der Waals surface area contributed by atoms with Crippen molar-refractivity contribution in [3.8, 4) is 0 Å². The van der Waals surface area contributed by atoms with Gasteiger partial charge in [0.1, 0.15) is 5.54 Å². The number of likely N-dealkylation sites (N-methyl/N-ethyl adjacent to an activating group) is 1. The lowest BCUT2D eigenvalue weighted by Gasteiger charge is -2.33. The van der Waals surface area contributed by atoms with E-state index >= 15 is 0 Å². The van der Waals surface area contributed by atoms with Gasteiger partial charge < -0.3 is 15.1 Å². The Hall–Kier alpha value is -1.56. The second-order valence-corrected chi connectivity index (χ2v) is 5.90. The lowest BCUT2D eigenvalue weighted by atomic mass is 9.92. The van der Waals surface area contributed by atoms with Gasteiger partial charge in [-0.3, -0.25) is 4.79 Å². The van der Waals surface area contributed by atoms with Crippen LogP contribution in [0, 0.1) is 0 Å². The van der Waals surface area contributed by atoms with Crippen LogP contribution in [0.3, 0.4) is 0 Å². The van der Waals surface area contributed by atoms with Gasteiger partial charge >= 0.3 is 6.03 Å². The topological polar surface area (TPSA) is 52.7 Å². The predicted molar refractivity (Wildman–Crippen MR) is 75.0 cm³/mol. The average Bonchev–Trinajstić information content (AvgIpc) is 2.88. The number of hydrogen-bond acceptors (Lipinski definition) is 2. The number of amides is 3. The summed E-state index contributed by atoms with van der Waals surface area (Å²) in [7, 11) is 1.74. The second-order valence-electron chi connectivity index (χ2n) is 4.98. The largest absolute Gasteiger partial charge is 0.336 e. The van der Waals surface area contributed by atoms with E-state index in [1.54, 1.807) is 16.8 Å². The van der Waals surface area contributed by atoms with E-state index in [-0.39, 0.29) is 11.9 Å². The molecule has 3 amide bonds. The van der Waals surface area contributed by atoms with Crippen molar-refractivity contribution in [1.29, 1.82) is 0 Å². The smallest absolute Gasteiger partial charge is 0.318 e. The van der Waals surface area contributed by atoms with Gasteiger partial charge in [0, 0.05) is 30.2 Å². The summed E-state index contributed by atoms with van der Waals surface area (Å²) in [6.45, 7) is 2.94. The number of hydrogen-bond donors (Lipinski definition) is 1. The molecule has 3 rings (SSSR count). The minimum Gasteiger partial charge on any atom is -0.336 e. The number of urea groups is 1. The van der Waals surface area contributed by atoms with E-state index < -0.39 is 5.54 Å². The van der Waals surface area contributed by atoms with E-state index in [0.717, 1.165) is 15.7 Å². The zero-order chi connectivity index (χ0) is 13.8. The number of fused-ring (bicyclic) bond motifs is 1. The molecule has 0 unspecified atom stereocenters. The normalized spacial score (nSPS) is 25.8. The number of nitrogens with zero attached hydrogens (tertiary/aromatic N) is 2. The first-order chi connectivity index (χ1) is 8.96. The minimum atomic E-state index is -0.911. The molecule has 2 aliphatic rings. The first-order valence-corrected chi connectivity index (χ1v) is 6.89. The molecular formula is C13H14BrN3O2. The molecule has 0 saturated carbocycles. The van der Waals surface area contributed by atoms with Crippen molar-refractivity contribution in [3.63, 3.8) is 0 Å². The highest BCUT2D eigenvalue weighted by atomic mass is 79.9. The molecule has 6 heteroatoms. The van der Waals surface area contributed by atoms with Crippen molar-refractivity contribution in [2.45, 2.75) is 12.5 Å². The van der Waals surface area contributed by atoms with Crippen molar-refractivity contribution in [1.82, 2.24) is 10.2 Å². The average molecular weight is 324 g/mol. The lowest BCUT2D eigenvalue weighted by molar-refractivity contribution is -0.126. The summed E-state index contributed by atoms with van der Waals surface area (Å²) < 4.78 is 0.918. The van der Waals surface area contributed by atoms with Crippen LogP contribution in [0.2, 0.25) is 0 Å². The molecule has 0 aliphatic carbocycles. The van der Waals surface area contributed by atoms with Crippen molar-refractivity contribution >= 4 is 33.6 Å². The van der Waals surface area contributed by atoms with Crippen LogP contribution in [-0.2, 0) is 10.3 Å². The summed E-state index contributed by atoms with van der Waals surface area (Å²) in [5.41, 5.74) is 0.813. The molecule has 1 fully saturated rings. The highest BCUT2D eigenvalue weighted by Crippen LogP contribution is 2.44.